The molecule has 0 aliphatic rings. The summed E-state index contributed by atoms with van der Waals surface area (Å²) in [6, 6.07) is 0. The van der Waals surface area contributed by atoms with Gasteiger partial charge in [-0.3, -0.25) is 5.41 Å². The van der Waals surface area contributed by atoms with Crippen molar-refractivity contribution in [2.75, 3.05) is 7.05 Å². The van der Waals surface area contributed by atoms with E-state index in [4.69, 9.17) is 5.41 Å². The Hall–Kier alpha value is -0.790. The average Bonchev–Trinajstić information content (AvgIpc) is 1.65. The molecule has 0 saturated carbocycles. The van der Waals surface area contributed by atoms with Gasteiger partial charge in [0.25, 0.3) is 0 Å². The summed E-state index contributed by atoms with van der Waals surface area (Å²) >= 11 is 0. The maximum atomic E-state index is 6.76. The molecule has 0 heterocycles. The van der Waals surface area contributed by atoms with Gasteiger partial charge >= 0.3 is 0 Å². The summed E-state index contributed by atoms with van der Waals surface area (Å²) in [5.74, 6) is 0. The monoisotopic (exact) mass is 112 g/mol. The molecule has 0 aromatic heterocycles. The third-order valence-corrected chi connectivity index (χ3v) is 0.665. The quantitative estimate of drug-likeness (QED) is 0.425. The maximum absolute atomic E-state index is 6.76. The second kappa shape index (κ2) is 3.24. The molecular formula is C6H12N2. The van der Waals surface area contributed by atoms with Crippen molar-refractivity contribution in [3.8, 4) is 0 Å². The summed E-state index contributed by atoms with van der Waals surface area (Å²) in [5, 5.41) is 6.76. The van der Waals surface area contributed by atoms with Crippen molar-refractivity contribution in [3.63, 3.8) is 0 Å². The third-order valence-electron chi connectivity index (χ3n) is 0.665. The van der Waals surface area contributed by atoms with Gasteiger partial charge < -0.3 is 4.90 Å². The summed E-state index contributed by atoms with van der Waals surface area (Å²) in [7, 11) is 1.83. The molecule has 0 aromatic carbocycles. The van der Waals surface area contributed by atoms with Crippen molar-refractivity contribution in [2.45, 2.75) is 13.8 Å². The maximum Gasteiger partial charge on any atom is 0.0854 e. The van der Waals surface area contributed by atoms with Gasteiger partial charge in [-0.25, -0.2) is 0 Å². The lowest BCUT2D eigenvalue weighted by atomic mass is 10.4. The van der Waals surface area contributed by atoms with Crippen LogP contribution in [0.15, 0.2) is 11.8 Å². The molecule has 0 amide bonds. The van der Waals surface area contributed by atoms with Crippen LogP contribution in [0.1, 0.15) is 13.8 Å². The van der Waals surface area contributed by atoms with Gasteiger partial charge in [0.15, 0.2) is 0 Å². The summed E-state index contributed by atoms with van der Waals surface area (Å²) in [5.41, 5.74) is 1.20. The minimum Gasteiger partial charge on any atom is -0.343 e. The smallest absolute Gasteiger partial charge is 0.0854 e. The molecule has 0 unspecified atom stereocenters. The highest BCUT2D eigenvalue weighted by atomic mass is 15.1. The Morgan fingerprint density at radius 3 is 2.12 bits per heavy atom. The lowest BCUT2D eigenvalue weighted by Crippen LogP contribution is -2.05. The molecule has 0 fully saturated rings. The summed E-state index contributed by atoms with van der Waals surface area (Å²) in [6.45, 7) is 4.00. The van der Waals surface area contributed by atoms with Gasteiger partial charge in [-0.1, -0.05) is 5.57 Å². The van der Waals surface area contributed by atoms with E-state index in [-0.39, 0.29) is 0 Å². The first-order chi connectivity index (χ1) is 3.66. The van der Waals surface area contributed by atoms with Gasteiger partial charge in [-0.15, -0.1) is 0 Å². The summed E-state index contributed by atoms with van der Waals surface area (Å²) in [6.07, 6.45) is 3.17. The SMILES string of the molecule is CC(C)=CN(C)C=N. The van der Waals surface area contributed by atoms with E-state index >= 15 is 0 Å². The van der Waals surface area contributed by atoms with E-state index in [1.807, 2.05) is 27.1 Å². The van der Waals surface area contributed by atoms with E-state index in [9.17, 15) is 0 Å². The first kappa shape index (κ1) is 7.21. The molecule has 0 aliphatic carbocycles. The Balaban J connectivity index is 3.68. The fourth-order valence-corrected chi connectivity index (χ4v) is 0.445. The summed E-state index contributed by atoms with van der Waals surface area (Å²) < 4.78 is 0. The number of hydrogen-bond donors (Lipinski definition) is 1. The highest BCUT2D eigenvalue weighted by molar-refractivity contribution is 5.51. The second-order valence-corrected chi connectivity index (χ2v) is 2.00. The van der Waals surface area contributed by atoms with Gasteiger partial charge in [0.1, 0.15) is 0 Å². The second-order valence-electron chi connectivity index (χ2n) is 2.00. The molecular weight excluding hydrogens is 100 g/mol. The molecule has 0 atom stereocenters. The zero-order valence-electron chi connectivity index (χ0n) is 5.60. The molecule has 0 spiro atoms. The molecule has 2 nitrogen and oxygen atoms in total. The van der Waals surface area contributed by atoms with E-state index in [2.05, 4.69) is 0 Å². The first-order valence-corrected chi connectivity index (χ1v) is 2.54. The molecule has 0 radical (unpaired) electrons. The number of allylic oxidation sites excluding steroid dienone is 1. The molecule has 1 N–H and O–H groups in total. The molecule has 0 bridgehead atoms. The Morgan fingerprint density at radius 1 is 1.50 bits per heavy atom. The van der Waals surface area contributed by atoms with Crippen LogP contribution >= 0.6 is 0 Å². The average molecular weight is 112 g/mol. The van der Waals surface area contributed by atoms with E-state index in [1.54, 1.807) is 4.90 Å². The van der Waals surface area contributed by atoms with Crippen molar-refractivity contribution < 1.29 is 0 Å². The van der Waals surface area contributed by atoms with Crippen LogP contribution in [0.3, 0.4) is 0 Å². The van der Waals surface area contributed by atoms with Crippen LogP contribution in [0, 0.1) is 5.41 Å². The molecule has 8 heavy (non-hydrogen) atoms. The van der Waals surface area contributed by atoms with Crippen molar-refractivity contribution in [1.82, 2.24) is 4.90 Å². The van der Waals surface area contributed by atoms with Crippen LogP contribution in [0.4, 0.5) is 0 Å². The van der Waals surface area contributed by atoms with Crippen LogP contribution in [0.2, 0.25) is 0 Å². The Labute approximate surface area is 50.3 Å². The molecule has 0 rings (SSSR count). The minimum atomic E-state index is 1.20. The van der Waals surface area contributed by atoms with Gasteiger partial charge in [-0.05, 0) is 13.8 Å². The summed E-state index contributed by atoms with van der Waals surface area (Å²) in [4.78, 5) is 1.70. The van der Waals surface area contributed by atoms with Crippen LogP contribution in [-0.2, 0) is 0 Å². The number of rotatable bonds is 2. The predicted molar refractivity (Wildman–Crippen MR) is 36.0 cm³/mol. The van der Waals surface area contributed by atoms with Crippen molar-refractivity contribution in [3.05, 3.63) is 11.8 Å². The Morgan fingerprint density at radius 2 is 2.00 bits per heavy atom. The molecule has 0 saturated heterocycles. The van der Waals surface area contributed by atoms with Crippen LogP contribution in [-0.4, -0.2) is 18.3 Å². The normalized spacial score (nSPS) is 7.88. The Bertz CT molecular complexity index is 101. The van der Waals surface area contributed by atoms with E-state index < -0.39 is 0 Å². The third kappa shape index (κ3) is 3.40. The van der Waals surface area contributed by atoms with Gasteiger partial charge in [0.05, 0.1) is 6.34 Å². The lowest BCUT2D eigenvalue weighted by Gasteiger charge is -2.03. The number of nitrogens with one attached hydrogen (secondary N) is 1. The van der Waals surface area contributed by atoms with Crippen LogP contribution in [0.25, 0.3) is 0 Å². The number of hydrogen-bond acceptors (Lipinski definition) is 1. The van der Waals surface area contributed by atoms with E-state index in [1.165, 1.54) is 11.9 Å². The van der Waals surface area contributed by atoms with Gasteiger partial charge in [0, 0.05) is 13.2 Å². The molecule has 0 aliphatic heterocycles. The minimum absolute atomic E-state index is 1.20. The molecule has 0 aromatic rings. The van der Waals surface area contributed by atoms with Crippen LogP contribution < -0.4 is 0 Å². The fraction of sp³-hybridized carbons (Fsp3) is 0.500. The van der Waals surface area contributed by atoms with Gasteiger partial charge in [0.2, 0.25) is 0 Å². The fourth-order valence-electron chi connectivity index (χ4n) is 0.445. The van der Waals surface area contributed by atoms with Crippen molar-refractivity contribution in [2.24, 2.45) is 0 Å². The molecule has 2 heteroatoms. The Kier molecular flexibility index (Phi) is 2.92. The van der Waals surface area contributed by atoms with E-state index in [0.717, 1.165) is 0 Å². The number of nitrogens with zero attached hydrogens (tertiary/aromatic N) is 1. The van der Waals surface area contributed by atoms with Crippen molar-refractivity contribution in [1.29, 1.82) is 5.41 Å². The van der Waals surface area contributed by atoms with Gasteiger partial charge in [-0.2, -0.15) is 0 Å². The van der Waals surface area contributed by atoms with Crippen molar-refractivity contribution >= 4 is 6.34 Å². The highest BCUT2D eigenvalue weighted by Gasteiger charge is 1.79. The standard InChI is InChI=1S/C6H12N2/c1-6(2)4-8(3)5-7/h4-5,7H,1-3H3. The lowest BCUT2D eigenvalue weighted by molar-refractivity contribution is 0.697. The zero-order chi connectivity index (χ0) is 6.57. The first-order valence-electron chi connectivity index (χ1n) is 2.54. The topological polar surface area (TPSA) is 27.1 Å². The zero-order valence-corrected chi connectivity index (χ0v) is 5.60. The van der Waals surface area contributed by atoms with E-state index in [0.29, 0.717) is 0 Å². The highest BCUT2D eigenvalue weighted by Crippen LogP contribution is 1.88. The predicted octanol–water partition coefficient (Wildman–Crippen LogP) is 1.45. The van der Waals surface area contributed by atoms with Crippen LogP contribution in [0.5, 0.6) is 0 Å². The molecule has 46 valence electrons. The largest absolute Gasteiger partial charge is 0.343 e.